The van der Waals surface area contributed by atoms with Gasteiger partial charge in [-0.1, -0.05) is 48.5 Å². The van der Waals surface area contributed by atoms with Gasteiger partial charge in [0.2, 0.25) is 5.91 Å². The molecule has 0 spiro atoms. The van der Waals surface area contributed by atoms with E-state index in [0.29, 0.717) is 6.42 Å². The van der Waals surface area contributed by atoms with Crippen molar-refractivity contribution in [1.82, 2.24) is 4.90 Å². The zero-order valence-corrected chi connectivity index (χ0v) is 14.5. The second-order valence-electron chi connectivity index (χ2n) is 6.40. The number of carbonyl (C=O) groups is 2. The van der Waals surface area contributed by atoms with Crippen LogP contribution < -0.4 is 0 Å². The largest absolute Gasteiger partial charge is 0.459 e. The summed E-state index contributed by atoms with van der Waals surface area (Å²) in [5.41, 5.74) is 0.951. The van der Waals surface area contributed by atoms with Crippen LogP contribution in [-0.2, 0) is 20.9 Å². The fourth-order valence-electron chi connectivity index (χ4n) is 3.52. The Labute approximate surface area is 151 Å². The summed E-state index contributed by atoms with van der Waals surface area (Å²) in [5, 5.41) is 0.0436. The van der Waals surface area contributed by atoms with Crippen molar-refractivity contribution in [2.45, 2.75) is 41.7 Å². The molecule has 0 N–H and O–H groups in total. The number of carbonyl (C=O) groups excluding carboxylic acids is 2. The predicted molar refractivity (Wildman–Crippen MR) is 96.0 cm³/mol. The number of hydrogen-bond acceptors (Lipinski definition) is 4. The van der Waals surface area contributed by atoms with Crippen molar-refractivity contribution in [3.05, 3.63) is 66.2 Å². The number of β-lactam (4-membered cyclic amide) rings is 1. The smallest absolute Gasteiger partial charge is 0.330 e. The van der Waals surface area contributed by atoms with Gasteiger partial charge in [-0.3, -0.25) is 4.79 Å². The molecule has 0 aliphatic carbocycles. The van der Waals surface area contributed by atoms with Gasteiger partial charge in [0, 0.05) is 22.6 Å². The normalized spacial score (nSPS) is 24.6. The van der Waals surface area contributed by atoms with E-state index in [4.69, 9.17) is 4.74 Å². The van der Waals surface area contributed by atoms with Gasteiger partial charge in [-0.05, 0) is 24.1 Å². The van der Waals surface area contributed by atoms with Crippen LogP contribution in [0.2, 0.25) is 0 Å². The lowest BCUT2D eigenvalue weighted by Gasteiger charge is -2.37. The number of hydrogen-bond donors (Lipinski definition) is 0. The lowest BCUT2D eigenvalue weighted by molar-refractivity contribution is -0.161. The molecule has 2 aliphatic heterocycles. The number of thioether (sulfide) groups is 1. The minimum absolute atomic E-state index is 0.0436. The van der Waals surface area contributed by atoms with Gasteiger partial charge < -0.3 is 9.64 Å². The number of nitrogens with zero attached hydrogens (tertiary/aromatic N) is 1. The number of rotatable bonds is 5. The Morgan fingerprint density at radius 2 is 1.76 bits per heavy atom. The average Bonchev–Trinajstić information content (AvgIpc) is 2.93. The molecule has 2 fully saturated rings. The standard InChI is InChI=1S/C20H19NO3S/c22-18-12-15-11-17(25-16-9-5-2-6-10-16)19(21(15)18)20(23)24-13-14-7-3-1-4-8-14/h1-10,15,17,19H,11-13H2. The first-order chi connectivity index (χ1) is 12.2. The second-order valence-corrected chi connectivity index (χ2v) is 7.71. The van der Waals surface area contributed by atoms with Crippen LogP contribution >= 0.6 is 11.8 Å². The Morgan fingerprint density at radius 1 is 1.08 bits per heavy atom. The van der Waals surface area contributed by atoms with Crippen LogP contribution in [0.3, 0.4) is 0 Å². The molecule has 2 aromatic carbocycles. The van der Waals surface area contributed by atoms with E-state index in [1.54, 1.807) is 16.7 Å². The van der Waals surface area contributed by atoms with Gasteiger partial charge in [-0.25, -0.2) is 4.79 Å². The molecule has 4 nitrogen and oxygen atoms in total. The Kier molecular flexibility index (Phi) is 4.49. The Bertz CT molecular complexity index is 765. The minimum atomic E-state index is -0.486. The van der Waals surface area contributed by atoms with E-state index in [-0.39, 0.29) is 29.8 Å². The van der Waals surface area contributed by atoms with Gasteiger partial charge >= 0.3 is 5.97 Å². The van der Waals surface area contributed by atoms with Crippen LogP contribution in [0.1, 0.15) is 18.4 Å². The van der Waals surface area contributed by atoms with Gasteiger partial charge in [0.15, 0.2) is 0 Å². The number of benzene rings is 2. The number of fused-ring (bicyclic) bond motifs is 1. The first kappa shape index (κ1) is 16.2. The van der Waals surface area contributed by atoms with Crippen molar-refractivity contribution in [1.29, 1.82) is 0 Å². The van der Waals surface area contributed by atoms with E-state index in [1.165, 1.54) is 0 Å². The lowest BCUT2D eigenvalue weighted by atomic mass is 10.0. The molecule has 3 unspecified atom stereocenters. The molecule has 25 heavy (non-hydrogen) atoms. The summed E-state index contributed by atoms with van der Waals surface area (Å²) >= 11 is 1.66. The van der Waals surface area contributed by atoms with Crippen molar-refractivity contribution < 1.29 is 14.3 Å². The SMILES string of the molecule is O=C(OCc1ccccc1)C1C(Sc2ccccc2)CC2CC(=O)N21. The molecule has 128 valence electrons. The van der Waals surface area contributed by atoms with Crippen LogP contribution in [0.25, 0.3) is 0 Å². The third kappa shape index (κ3) is 3.29. The maximum Gasteiger partial charge on any atom is 0.330 e. The van der Waals surface area contributed by atoms with Crippen LogP contribution in [0.5, 0.6) is 0 Å². The van der Waals surface area contributed by atoms with Crippen molar-refractivity contribution in [2.75, 3.05) is 0 Å². The highest BCUT2D eigenvalue weighted by atomic mass is 32.2. The maximum atomic E-state index is 12.7. The van der Waals surface area contributed by atoms with Crippen LogP contribution in [0, 0.1) is 0 Å². The van der Waals surface area contributed by atoms with Crippen molar-refractivity contribution in [3.8, 4) is 0 Å². The molecule has 2 saturated heterocycles. The molecular formula is C20H19NO3S. The molecule has 4 rings (SSSR count). The third-order valence-electron chi connectivity index (χ3n) is 4.74. The van der Waals surface area contributed by atoms with Gasteiger partial charge in [0.25, 0.3) is 0 Å². The lowest BCUT2D eigenvalue weighted by Crippen LogP contribution is -2.55. The number of ether oxygens (including phenoxy) is 1. The van der Waals surface area contributed by atoms with Gasteiger partial charge in [0.1, 0.15) is 12.6 Å². The summed E-state index contributed by atoms with van der Waals surface area (Å²) < 4.78 is 5.53. The highest BCUT2D eigenvalue weighted by Crippen LogP contribution is 2.43. The molecule has 2 heterocycles. The summed E-state index contributed by atoms with van der Waals surface area (Å²) in [6.07, 6.45) is 1.39. The second kappa shape index (κ2) is 6.92. The monoisotopic (exact) mass is 353 g/mol. The Hall–Kier alpha value is -2.27. The minimum Gasteiger partial charge on any atom is -0.459 e. The fourth-order valence-corrected chi connectivity index (χ4v) is 4.87. The molecule has 0 aromatic heterocycles. The average molecular weight is 353 g/mol. The predicted octanol–water partition coefficient (Wildman–Crippen LogP) is 3.26. The topological polar surface area (TPSA) is 46.6 Å². The van der Waals surface area contributed by atoms with Gasteiger partial charge in [0.05, 0.1) is 0 Å². The Balaban J connectivity index is 1.47. The van der Waals surface area contributed by atoms with Crippen molar-refractivity contribution >= 4 is 23.6 Å². The van der Waals surface area contributed by atoms with Gasteiger partial charge in [-0.15, -0.1) is 11.8 Å². The molecule has 0 bridgehead atoms. The van der Waals surface area contributed by atoms with E-state index in [9.17, 15) is 9.59 Å². The molecular weight excluding hydrogens is 334 g/mol. The highest BCUT2D eigenvalue weighted by molar-refractivity contribution is 8.00. The van der Waals surface area contributed by atoms with Crippen molar-refractivity contribution in [2.24, 2.45) is 0 Å². The quantitative estimate of drug-likeness (QED) is 0.611. The summed E-state index contributed by atoms with van der Waals surface area (Å²) in [7, 11) is 0. The first-order valence-corrected chi connectivity index (χ1v) is 9.34. The highest BCUT2D eigenvalue weighted by Gasteiger charge is 2.54. The number of esters is 1. The summed E-state index contributed by atoms with van der Waals surface area (Å²) in [5.74, 6) is -0.240. The fraction of sp³-hybridized carbons (Fsp3) is 0.300. The van der Waals surface area contributed by atoms with E-state index in [0.717, 1.165) is 16.9 Å². The molecule has 0 saturated carbocycles. The van der Waals surface area contributed by atoms with Crippen LogP contribution in [0.15, 0.2) is 65.6 Å². The number of amides is 1. The summed E-state index contributed by atoms with van der Waals surface area (Å²) in [4.78, 5) is 27.6. The van der Waals surface area contributed by atoms with E-state index < -0.39 is 6.04 Å². The van der Waals surface area contributed by atoms with Crippen LogP contribution in [-0.4, -0.2) is 34.1 Å². The zero-order valence-electron chi connectivity index (χ0n) is 13.7. The first-order valence-electron chi connectivity index (χ1n) is 8.46. The van der Waals surface area contributed by atoms with E-state index >= 15 is 0 Å². The van der Waals surface area contributed by atoms with E-state index in [2.05, 4.69) is 0 Å². The maximum absolute atomic E-state index is 12.7. The molecule has 3 atom stereocenters. The molecule has 0 radical (unpaired) electrons. The molecule has 2 aliphatic rings. The van der Waals surface area contributed by atoms with Gasteiger partial charge in [-0.2, -0.15) is 0 Å². The van der Waals surface area contributed by atoms with Crippen LogP contribution in [0.4, 0.5) is 0 Å². The van der Waals surface area contributed by atoms with Crippen molar-refractivity contribution in [3.63, 3.8) is 0 Å². The molecule has 5 heteroatoms. The third-order valence-corrected chi connectivity index (χ3v) is 6.04. The summed E-state index contributed by atoms with van der Waals surface area (Å²) in [6, 6.07) is 19.3. The molecule has 2 aromatic rings. The summed E-state index contributed by atoms with van der Waals surface area (Å²) in [6.45, 7) is 0.242. The molecule has 1 amide bonds. The zero-order chi connectivity index (χ0) is 17.2. The Morgan fingerprint density at radius 3 is 2.44 bits per heavy atom. The van der Waals surface area contributed by atoms with E-state index in [1.807, 2.05) is 60.7 Å².